The molecule has 1 unspecified atom stereocenters. The number of ether oxygens (including phenoxy) is 1. The standard InChI is InChI=1S/C27H25N7O2/c1-15-20-9-23(31-12-24(20)34-33-15)21-10-25(27(29)32-26(21)16-6-7-35-13-16)36-14-18(28)8-17-11-30-22-5-3-2-4-19(17)22/h2-7,9-13,18,30H,8,14,28H2,1H3,(H2,29,32)(H,33,34). The maximum absolute atomic E-state index is 6.44. The lowest BCUT2D eigenvalue weighted by atomic mass is 10.0. The van der Waals surface area contributed by atoms with Gasteiger partial charge < -0.3 is 25.6 Å². The molecule has 1 atom stereocenters. The zero-order valence-electron chi connectivity index (χ0n) is 19.7. The molecule has 0 saturated heterocycles. The number of nitrogens with one attached hydrogen (secondary N) is 2. The van der Waals surface area contributed by atoms with Crippen LogP contribution >= 0.6 is 0 Å². The van der Waals surface area contributed by atoms with Crippen LogP contribution in [0.1, 0.15) is 11.3 Å². The van der Waals surface area contributed by atoms with E-state index >= 15 is 0 Å². The number of anilines is 1. The van der Waals surface area contributed by atoms with E-state index in [1.54, 1.807) is 18.7 Å². The topological polar surface area (TPSA) is 145 Å². The van der Waals surface area contributed by atoms with Crippen LogP contribution in [0.3, 0.4) is 0 Å². The first-order valence-electron chi connectivity index (χ1n) is 11.6. The van der Waals surface area contributed by atoms with E-state index in [4.69, 9.17) is 20.6 Å². The zero-order chi connectivity index (χ0) is 24.6. The van der Waals surface area contributed by atoms with E-state index in [0.717, 1.165) is 49.9 Å². The summed E-state index contributed by atoms with van der Waals surface area (Å²) in [7, 11) is 0. The van der Waals surface area contributed by atoms with Crippen LogP contribution in [0.5, 0.6) is 5.75 Å². The molecule has 9 nitrogen and oxygen atoms in total. The summed E-state index contributed by atoms with van der Waals surface area (Å²) in [6.45, 7) is 2.25. The van der Waals surface area contributed by atoms with E-state index in [0.29, 0.717) is 17.9 Å². The lowest BCUT2D eigenvalue weighted by Crippen LogP contribution is -2.30. The Morgan fingerprint density at radius 2 is 2.03 bits per heavy atom. The highest BCUT2D eigenvalue weighted by Crippen LogP contribution is 2.36. The van der Waals surface area contributed by atoms with E-state index in [2.05, 4.69) is 31.2 Å². The number of nitrogen functional groups attached to an aromatic ring is 1. The van der Waals surface area contributed by atoms with Crippen molar-refractivity contribution < 1.29 is 9.15 Å². The third-order valence-electron chi connectivity index (χ3n) is 6.33. The highest BCUT2D eigenvalue weighted by Gasteiger charge is 2.18. The minimum absolute atomic E-state index is 0.233. The second kappa shape index (κ2) is 8.86. The predicted octanol–water partition coefficient (Wildman–Crippen LogP) is 4.60. The number of benzene rings is 1. The number of aromatic amines is 2. The fourth-order valence-electron chi connectivity index (χ4n) is 4.47. The number of nitrogens with two attached hydrogens (primary N) is 2. The first-order valence-corrected chi connectivity index (χ1v) is 11.6. The number of aromatic nitrogens is 5. The van der Waals surface area contributed by atoms with E-state index in [1.165, 1.54) is 0 Å². The van der Waals surface area contributed by atoms with E-state index in [1.807, 2.05) is 49.5 Å². The van der Waals surface area contributed by atoms with Crippen molar-refractivity contribution in [3.8, 4) is 28.3 Å². The van der Waals surface area contributed by atoms with Gasteiger partial charge in [0.05, 0.1) is 30.1 Å². The number of hydrogen-bond donors (Lipinski definition) is 4. The SMILES string of the molecule is Cc1[nH]nc2cnc(-c3cc(OCC(N)Cc4c[nH]c5ccccc45)c(N)nc3-c3ccoc3)cc12. The van der Waals surface area contributed by atoms with E-state index < -0.39 is 0 Å². The highest BCUT2D eigenvalue weighted by atomic mass is 16.5. The molecule has 6 N–H and O–H groups in total. The molecule has 0 bridgehead atoms. The average Bonchev–Trinajstić information content (AvgIpc) is 3.64. The summed E-state index contributed by atoms with van der Waals surface area (Å²) in [5.41, 5.74) is 19.7. The number of para-hydroxylation sites is 1. The Labute approximate surface area is 206 Å². The number of fused-ring (bicyclic) bond motifs is 2. The number of furan rings is 1. The van der Waals surface area contributed by atoms with Crippen molar-refractivity contribution in [2.75, 3.05) is 12.3 Å². The van der Waals surface area contributed by atoms with Gasteiger partial charge in [-0.2, -0.15) is 5.10 Å². The smallest absolute Gasteiger partial charge is 0.166 e. The molecular formula is C27H25N7O2. The molecule has 0 saturated carbocycles. The Bertz CT molecular complexity index is 1670. The maximum Gasteiger partial charge on any atom is 0.166 e. The number of nitrogens with zero attached hydrogens (tertiary/aromatic N) is 3. The zero-order valence-corrected chi connectivity index (χ0v) is 19.7. The van der Waals surface area contributed by atoms with Gasteiger partial charge in [-0.1, -0.05) is 18.2 Å². The van der Waals surface area contributed by atoms with Gasteiger partial charge in [-0.05, 0) is 43.2 Å². The fraction of sp³-hybridized carbons (Fsp3) is 0.148. The minimum Gasteiger partial charge on any atom is -0.488 e. The molecule has 0 aliphatic rings. The third kappa shape index (κ3) is 3.95. The Hall–Kier alpha value is -4.63. The molecule has 5 heterocycles. The fourth-order valence-corrected chi connectivity index (χ4v) is 4.47. The maximum atomic E-state index is 6.44. The van der Waals surface area contributed by atoms with Crippen molar-refractivity contribution in [1.29, 1.82) is 0 Å². The second-order valence-electron chi connectivity index (χ2n) is 8.85. The number of hydrogen-bond acceptors (Lipinski definition) is 7. The van der Waals surface area contributed by atoms with Crippen LogP contribution in [-0.2, 0) is 6.42 Å². The highest BCUT2D eigenvalue weighted by molar-refractivity contribution is 5.88. The van der Waals surface area contributed by atoms with Crippen LogP contribution in [0.25, 0.3) is 44.3 Å². The second-order valence-corrected chi connectivity index (χ2v) is 8.85. The molecule has 5 aromatic heterocycles. The summed E-state index contributed by atoms with van der Waals surface area (Å²) in [4.78, 5) is 12.6. The first-order chi connectivity index (χ1) is 17.6. The lowest BCUT2D eigenvalue weighted by molar-refractivity contribution is 0.288. The summed E-state index contributed by atoms with van der Waals surface area (Å²) in [5.74, 6) is 0.729. The van der Waals surface area contributed by atoms with Gasteiger partial charge in [0.1, 0.15) is 12.1 Å². The molecule has 1 aromatic carbocycles. The summed E-state index contributed by atoms with van der Waals surface area (Å²) >= 11 is 0. The number of rotatable bonds is 7. The van der Waals surface area contributed by atoms with Crippen molar-refractivity contribution in [2.45, 2.75) is 19.4 Å². The number of aryl methyl sites for hydroxylation is 1. The van der Waals surface area contributed by atoms with Crippen LogP contribution < -0.4 is 16.2 Å². The molecular weight excluding hydrogens is 454 g/mol. The van der Waals surface area contributed by atoms with Gasteiger partial charge in [-0.15, -0.1) is 0 Å². The largest absolute Gasteiger partial charge is 0.488 e. The quantitative estimate of drug-likeness (QED) is 0.262. The van der Waals surface area contributed by atoms with Crippen molar-refractivity contribution >= 4 is 27.6 Å². The first kappa shape index (κ1) is 21.9. The van der Waals surface area contributed by atoms with Gasteiger partial charge in [0.15, 0.2) is 11.6 Å². The summed E-state index contributed by atoms with van der Waals surface area (Å²) < 4.78 is 11.4. The van der Waals surface area contributed by atoms with Crippen molar-refractivity contribution in [2.24, 2.45) is 5.73 Å². The van der Waals surface area contributed by atoms with Crippen LogP contribution in [-0.4, -0.2) is 37.8 Å². The van der Waals surface area contributed by atoms with Crippen molar-refractivity contribution in [3.05, 3.63) is 78.6 Å². The Kier molecular flexibility index (Phi) is 5.38. The minimum atomic E-state index is -0.233. The molecule has 180 valence electrons. The van der Waals surface area contributed by atoms with Crippen molar-refractivity contribution in [3.63, 3.8) is 0 Å². The predicted molar refractivity (Wildman–Crippen MR) is 139 cm³/mol. The molecule has 0 spiro atoms. The molecule has 0 aliphatic carbocycles. The third-order valence-corrected chi connectivity index (χ3v) is 6.33. The normalized spacial score (nSPS) is 12.4. The van der Waals surface area contributed by atoms with Gasteiger partial charge in [0, 0.05) is 45.3 Å². The Morgan fingerprint density at radius 3 is 2.89 bits per heavy atom. The molecule has 6 aromatic rings. The molecule has 0 fully saturated rings. The molecule has 36 heavy (non-hydrogen) atoms. The lowest BCUT2D eigenvalue weighted by Gasteiger charge is -2.16. The molecule has 0 amide bonds. The number of H-pyrrole nitrogens is 2. The number of pyridine rings is 2. The molecule has 9 heteroatoms. The Morgan fingerprint density at radius 1 is 1.14 bits per heavy atom. The molecule has 0 radical (unpaired) electrons. The summed E-state index contributed by atoms with van der Waals surface area (Å²) in [6.07, 6.45) is 7.63. The Balaban J connectivity index is 1.31. The van der Waals surface area contributed by atoms with Gasteiger partial charge in [-0.25, -0.2) is 4.98 Å². The van der Waals surface area contributed by atoms with Crippen molar-refractivity contribution in [1.82, 2.24) is 25.1 Å². The van der Waals surface area contributed by atoms with Crippen LogP contribution in [0.15, 0.2) is 71.8 Å². The van der Waals surface area contributed by atoms with E-state index in [9.17, 15) is 0 Å². The summed E-state index contributed by atoms with van der Waals surface area (Å²) in [5, 5.41) is 9.42. The van der Waals surface area contributed by atoms with Gasteiger partial charge in [-0.3, -0.25) is 10.1 Å². The summed E-state index contributed by atoms with van der Waals surface area (Å²) in [6, 6.07) is 13.6. The van der Waals surface area contributed by atoms with Gasteiger partial charge in [0.2, 0.25) is 0 Å². The van der Waals surface area contributed by atoms with Crippen LogP contribution in [0.4, 0.5) is 5.82 Å². The van der Waals surface area contributed by atoms with Crippen LogP contribution in [0.2, 0.25) is 0 Å². The van der Waals surface area contributed by atoms with E-state index in [-0.39, 0.29) is 18.5 Å². The van der Waals surface area contributed by atoms with Gasteiger partial charge >= 0.3 is 0 Å². The average molecular weight is 480 g/mol. The monoisotopic (exact) mass is 479 g/mol. The van der Waals surface area contributed by atoms with Gasteiger partial charge in [0.25, 0.3) is 0 Å². The molecule has 0 aliphatic heterocycles. The van der Waals surface area contributed by atoms with Crippen LogP contribution in [0, 0.1) is 6.92 Å². The molecule has 6 rings (SSSR count).